The van der Waals surface area contributed by atoms with Crippen molar-refractivity contribution in [3.05, 3.63) is 54.5 Å². The number of nitrogens with zero attached hydrogens (tertiary/aromatic N) is 3. The summed E-state index contributed by atoms with van der Waals surface area (Å²) in [6.07, 6.45) is 7.39. The Balaban J connectivity index is 1.06. The van der Waals surface area contributed by atoms with Gasteiger partial charge in [-0.25, -0.2) is 4.98 Å². The second-order valence-corrected chi connectivity index (χ2v) is 12.4. The van der Waals surface area contributed by atoms with Crippen molar-refractivity contribution in [2.24, 2.45) is 5.41 Å². The molecule has 1 fully saturated rings. The van der Waals surface area contributed by atoms with Gasteiger partial charge in [-0.05, 0) is 55.7 Å². The molecule has 11 heteroatoms. The number of carbonyl (C=O) groups excluding carboxylic acids is 2. The molecule has 2 unspecified atom stereocenters. The number of pyridine rings is 2. The Morgan fingerprint density at radius 2 is 1.71 bits per heavy atom. The molecule has 0 spiro atoms. The van der Waals surface area contributed by atoms with Crippen LogP contribution in [0.2, 0.25) is 0 Å². The fraction of sp³-hybridized carbons (Fsp3) is 0.529. The number of likely N-dealkylation sites (tertiary alicyclic amines) is 1. The Morgan fingerprint density at radius 1 is 0.978 bits per heavy atom. The summed E-state index contributed by atoms with van der Waals surface area (Å²) in [5.74, 6) is 1.10. The molecule has 244 valence electrons. The molecule has 2 amide bonds. The lowest BCUT2D eigenvalue weighted by molar-refractivity contribution is -0.141. The van der Waals surface area contributed by atoms with Gasteiger partial charge < -0.3 is 34.5 Å². The lowest BCUT2D eigenvalue weighted by atomic mass is 9.85. The summed E-state index contributed by atoms with van der Waals surface area (Å²) in [5, 5.41) is 8.39. The van der Waals surface area contributed by atoms with Gasteiger partial charge in [0.15, 0.2) is 0 Å². The van der Waals surface area contributed by atoms with Gasteiger partial charge >= 0.3 is 0 Å². The first-order chi connectivity index (χ1) is 21.6. The zero-order chi connectivity index (χ0) is 32.2. The average molecular weight is 622 g/mol. The summed E-state index contributed by atoms with van der Waals surface area (Å²) in [5.41, 5.74) is 1.46. The lowest BCUT2D eigenvalue weighted by Crippen LogP contribution is -2.56. The number of carbonyl (C=O) groups is 2. The highest BCUT2D eigenvalue weighted by molar-refractivity contribution is 5.89. The Bertz CT molecular complexity index is 1410. The summed E-state index contributed by atoms with van der Waals surface area (Å²) >= 11 is 0. The molecule has 0 saturated carbocycles. The molecular weight excluding hydrogens is 574 g/mol. The van der Waals surface area contributed by atoms with Crippen molar-refractivity contribution >= 4 is 34.1 Å². The number of benzene rings is 1. The van der Waals surface area contributed by atoms with Gasteiger partial charge in [0.05, 0.1) is 33.0 Å². The summed E-state index contributed by atoms with van der Waals surface area (Å²) in [6.45, 7) is 12.7. The minimum absolute atomic E-state index is 0.0255. The van der Waals surface area contributed by atoms with Crippen LogP contribution in [0.15, 0.2) is 48.9 Å². The highest BCUT2D eigenvalue weighted by Crippen LogP contribution is 2.26. The Morgan fingerprint density at radius 3 is 2.42 bits per heavy atom. The Hall–Kier alpha value is -3.80. The number of hydrogen-bond acceptors (Lipinski definition) is 9. The fourth-order valence-corrected chi connectivity index (χ4v) is 5.13. The van der Waals surface area contributed by atoms with E-state index in [1.54, 1.807) is 12.4 Å². The number of hydrogen-bond donors (Lipinski definition) is 2. The third-order valence-electron chi connectivity index (χ3n) is 7.68. The van der Waals surface area contributed by atoms with Crippen LogP contribution in [0.5, 0.6) is 5.75 Å². The van der Waals surface area contributed by atoms with Gasteiger partial charge in [-0.15, -0.1) is 0 Å². The molecule has 4 rings (SSSR count). The fourth-order valence-electron chi connectivity index (χ4n) is 5.13. The minimum Gasteiger partial charge on any atom is -0.491 e. The lowest BCUT2D eigenvalue weighted by Gasteiger charge is -2.35. The molecule has 11 nitrogen and oxygen atoms in total. The highest BCUT2D eigenvalue weighted by Gasteiger charge is 2.38. The van der Waals surface area contributed by atoms with Gasteiger partial charge in [0.1, 0.15) is 30.8 Å². The van der Waals surface area contributed by atoms with Crippen LogP contribution in [-0.4, -0.2) is 91.6 Å². The van der Waals surface area contributed by atoms with E-state index < -0.39 is 11.5 Å². The normalized spacial score (nSPS) is 15.7. The van der Waals surface area contributed by atoms with Gasteiger partial charge in [-0.1, -0.05) is 26.8 Å². The standard InChI is InChI=1S/C34H47N5O6/c1-24-21-36-30(37-28-9-8-27-22-35-11-10-26(27)19-28)20-29(24)45-18-17-43-14-13-42-15-16-44-23-31(40)38-32(34(3,4)5)33(41)39-12-6-7-25(39)2/h8-11,19-22,25,32H,6-7,12-18,23H2,1-5H3,(H,36,37)(H,38,40). The summed E-state index contributed by atoms with van der Waals surface area (Å²) < 4.78 is 22.6. The van der Waals surface area contributed by atoms with Crippen LogP contribution >= 0.6 is 0 Å². The monoisotopic (exact) mass is 621 g/mol. The Kier molecular flexibility index (Phi) is 12.5. The minimum atomic E-state index is -0.596. The highest BCUT2D eigenvalue weighted by atomic mass is 16.6. The van der Waals surface area contributed by atoms with E-state index in [9.17, 15) is 9.59 Å². The van der Waals surface area contributed by atoms with E-state index in [1.165, 1.54) is 0 Å². The zero-order valence-electron chi connectivity index (χ0n) is 27.1. The predicted molar refractivity (Wildman–Crippen MR) is 174 cm³/mol. The number of nitrogens with one attached hydrogen (secondary N) is 2. The number of ether oxygens (including phenoxy) is 4. The number of aryl methyl sites for hydroxylation is 1. The van der Waals surface area contributed by atoms with Gasteiger partial charge in [-0.3, -0.25) is 14.6 Å². The Labute approximate surface area is 266 Å². The van der Waals surface area contributed by atoms with Crippen molar-refractivity contribution in [2.75, 3.05) is 58.1 Å². The van der Waals surface area contributed by atoms with Crippen molar-refractivity contribution < 1.29 is 28.5 Å². The van der Waals surface area contributed by atoms with Crippen molar-refractivity contribution in [3.63, 3.8) is 0 Å². The largest absolute Gasteiger partial charge is 0.491 e. The first-order valence-corrected chi connectivity index (χ1v) is 15.6. The van der Waals surface area contributed by atoms with Crippen LogP contribution in [0.4, 0.5) is 11.5 Å². The molecule has 2 N–H and O–H groups in total. The van der Waals surface area contributed by atoms with E-state index in [-0.39, 0.29) is 31.1 Å². The van der Waals surface area contributed by atoms with E-state index in [4.69, 9.17) is 18.9 Å². The molecule has 1 aromatic carbocycles. The number of anilines is 2. The second-order valence-electron chi connectivity index (χ2n) is 12.4. The molecule has 1 aliphatic heterocycles. The van der Waals surface area contributed by atoms with E-state index in [0.717, 1.165) is 47.2 Å². The van der Waals surface area contributed by atoms with Crippen LogP contribution in [0.3, 0.4) is 0 Å². The first kappa shape index (κ1) is 34.1. The maximum absolute atomic E-state index is 13.1. The molecule has 1 saturated heterocycles. The molecule has 2 atom stereocenters. The molecule has 0 radical (unpaired) electrons. The third-order valence-corrected chi connectivity index (χ3v) is 7.68. The quantitative estimate of drug-likeness (QED) is 0.220. The molecule has 3 aromatic rings. The topological polar surface area (TPSA) is 124 Å². The van der Waals surface area contributed by atoms with Crippen LogP contribution in [0.1, 0.15) is 46.1 Å². The van der Waals surface area contributed by atoms with Gasteiger partial charge in [0.25, 0.3) is 0 Å². The van der Waals surface area contributed by atoms with Gasteiger partial charge in [0, 0.05) is 53.9 Å². The molecule has 2 aromatic heterocycles. The van der Waals surface area contributed by atoms with Crippen LogP contribution in [0, 0.1) is 12.3 Å². The van der Waals surface area contributed by atoms with Gasteiger partial charge in [0.2, 0.25) is 11.8 Å². The van der Waals surface area contributed by atoms with Crippen molar-refractivity contribution in [1.29, 1.82) is 0 Å². The van der Waals surface area contributed by atoms with Gasteiger partial charge in [-0.2, -0.15) is 0 Å². The van der Waals surface area contributed by atoms with Crippen molar-refractivity contribution in [1.82, 2.24) is 20.2 Å². The number of rotatable bonds is 16. The summed E-state index contributed by atoms with van der Waals surface area (Å²) in [4.78, 5) is 36.1. The van der Waals surface area contributed by atoms with Crippen LogP contribution < -0.4 is 15.4 Å². The maximum Gasteiger partial charge on any atom is 0.246 e. The smallest absolute Gasteiger partial charge is 0.246 e. The number of aromatic nitrogens is 2. The maximum atomic E-state index is 13.1. The number of fused-ring (bicyclic) bond motifs is 1. The van der Waals surface area contributed by atoms with Crippen molar-refractivity contribution in [3.8, 4) is 5.75 Å². The SMILES string of the molecule is Cc1cnc(Nc2ccc3cnccc3c2)cc1OCCOCCOCCOCC(=O)NC(C(=O)N1CCCC1C)C(C)(C)C. The first-order valence-electron chi connectivity index (χ1n) is 15.6. The third kappa shape index (κ3) is 10.4. The summed E-state index contributed by atoms with van der Waals surface area (Å²) in [7, 11) is 0. The van der Waals surface area contributed by atoms with E-state index in [0.29, 0.717) is 38.9 Å². The summed E-state index contributed by atoms with van der Waals surface area (Å²) in [6, 6.07) is 9.53. The molecule has 3 heterocycles. The second kappa shape index (κ2) is 16.5. The molecule has 1 aliphatic rings. The zero-order valence-corrected chi connectivity index (χ0v) is 27.1. The average Bonchev–Trinajstić information content (AvgIpc) is 3.44. The number of amides is 2. The molecular formula is C34H47N5O6. The van der Waals surface area contributed by atoms with Crippen LogP contribution in [0.25, 0.3) is 10.8 Å². The van der Waals surface area contributed by atoms with E-state index >= 15 is 0 Å². The van der Waals surface area contributed by atoms with E-state index in [1.807, 2.05) is 63.1 Å². The molecule has 0 bridgehead atoms. The van der Waals surface area contributed by atoms with Crippen LogP contribution in [-0.2, 0) is 23.8 Å². The van der Waals surface area contributed by atoms with E-state index in [2.05, 4.69) is 33.6 Å². The molecule has 0 aliphatic carbocycles. The molecule has 45 heavy (non-hydrogen) atoms. The van der Waals surface area contributed by atoms with Crippen molar-refractivity contribution in [2.45, 2.75) is 59.5 Å². The predicted octanol–water partition coefficient (Wildman–Crippen LogP) is 4.65.